The fraction of sp³-hybridized carbons (Fsp3) is 0.333. The second kappa shape index (κ2) is 12.2. The smallest absolute Gasteiger partial charge is 0.355 e. The van der Waals surface area contributed by atoms with Crippen LogP contribution in [0.1, 0.15) is 28.7 Å². The molecule has 0 radical (unpaired) electrons. The normalized spacial score (nSPS) is 13.9. The molecule has 0 saturated carbocycles. The van der Waals surface area contributed by atoms with Crippen molar-refractivity contribution in [1.29, 1.82) is 5.26 Å². The summed E-state index contributed by atoms with van der Waals surface area (Å²) in [4.78, 5) is 34.7. The highest BCUT2D eigenvalue weighted by atomic mass is 16.5. The molecule has 1 aliphatic heterocycles. The lowest BCUT2D eigenvalue weighted by Gasteiger charge is -2.34. The first-order valence-corrected chi connectivity index (χ1v) is 13.4. The number of carbonyl (C=O) groups excluding carboxylic acids is 2. The van der Waals surface area contributed by atoms with Crippen LogP contribution in [0.3, 0.4) is 0 Å². The number of ether oxygens (including phenoxy) is 2. The number of fused-ring (bicyclic) bond motifs is 2. The second-order valence-electron chi connectivity index (χ2n) is 9.67. The van der Waals surface area contributed by atoms with E-state index in [-0.39, 0.29) is 18.3 Å². The molecule has 1 N–H and O–H groups in total. The third-order valence-electron chi connectivity index (χ3n) is 7.14. The minimum Gasteiger partial charge on any atom is -0.461 e. The third kappa shape index (κ3) is 5.76. The van der Waals surface area contributed by atoms with E-state index < -0.39 is 5.97 Å². The van der Waals surface area contributed by atoms with E-state index >= 15 is 0 Å². The van der Waals surface area contributed by atoms with E-state index in [9.17, 15) is 14.9 Å². The lowest BCUT2D eigenvalue weighted by Crippen LogP contribution is -2.50. The van der Waals surface area contributed by atoms with Gasteiger partial charge in [0, 0.05) is 50.9 Å². The molecule has 1 fully saturated rings. The van der Waals surface area contributed by atoms with Crippen molar-refractivity contribution in [2.45, 2.75) is 13.5 Å². The molecule has 2 aromatic heterocycles. The molecule has 40 heavy (non-hydrogen) atoms. The van der Waals surface area contributed by atoms with Gasteiger partial charge in [0.1, 0.15) is 23.1 Å². The molecule has 206 valence electrons. The third-order valence-corrected chi connectivity index (χ3v) is 7.14. The van der Waals surface area contributed by atoms with Gasteiger partial charge in [-0.1, -0.05) is 24.3 Å². The van der Waals surface area contributed by atoms with Gasteiger partial charge in [0.25, 0.3) is 0 Å². The zero-order valence-corrected chi connectivity index (χ0v) is 22.7. The van der Waals surface area contributed by atoms with Gasteiger partial charge in [-0.3, -0.25) is 4.90 Å². The molecule has 3 heterocycles. The highest BCUT2D eigenvalue weighted by molar-refractivity contribution is 5.97. The number of urea groups is 1. The molecule has 4 aromatic rings. The second-order valence-corrected chi connectivity index (χ2v) is 9.67. The molecule has 0 spiro atoms. The number of hydrogen-bond donors (Lipinski definition) is 1. The SMILES string of the molecule is CCOC(=O)c1cc2ccc(C#N)nc2n1Cc1cc(NC(=O)N2CCN(CCOC)CC2)cc2ccccc12. The molecule has 2 aromatic carbocycles. The van der Waals surface area contributed by atoms with Crippen LogP contribution in [0, 0.1) is 11.3 Å². The van der Waals surface area contributed by atoms with E-state index in [0.29, 0.717) is 43.3 Å². The predicted molar refractivity (Wildman–Crippen MR) is 152 cm³/mol. The van der Waals surface area contributed by atoms with Crippen molar-refractivity contribution in [2.75, 3.05) is 58.4 Å². The maximum Gasteiger partial charge on any atom is 0.355 e. The zero-order chi connectivity index (χ0) is 28.1. The number of nitrogens with zero attached hydrogens (tertiary/aromatic N) is 5. The van der Waals surface area contributed by atoms with Gasteiger partial charge in [0.2, 0.25) is 0 Å². The number of hydrogen-bond acceptors (Lipinski definition) is 7. The average Bonchev–Trinajstić information content (AvgIpc) is 3.34. The van der Waals surface area contributed by atoms with Gasteiger partial charge < -0.3 is 24.3 Å². The summed E-state index contributed by atoms with van der Waals surface area (Å²) >= 11 is 0. The molecule has 10 nitrogen and oxygen atoms in total. The number of benzene rings is 2. The monoisotopic (exact) mass is 540 g/mol. The number of pyridine rings is 1. The van der Waals surface area contributed by atoms with Crippen molar-refractivity contribution >= 4 is 39.5 Å². The molecular formula is C30H32N6O4. The molecule has 1 saturated heterocycles. The predicted octanol–water partition coefficient (Wildman–Crippen LogP) is 4.08. The topological polar surface area (TPSA) is 113 Å². The van der Waals surface area contributed by atoms with Crippen molar-refractivity contribution in [3.8, 4) is 6.07 Å². The van der Waals surface area contributed by atoms with Crippen molar-refractivity contribution in [2.24, 2.45) is 0 Å². The van der Waals surface area contributed by atoms with E-state index in [1.807, 2.05) is 41.3 Å². The fourth-order valence-electron chi connectivity index (χ4n) is 5.08. The molecule has 2 amide bonds. The maximum absolute atomic E-state index is 13.2. The molecular weight excluding hydrogens is 508 g/mol. The molecule has 10 heteroatoms. The number of carbonyl (C=O) groups is 2. The Hall–Kier alpha value is -4.46. The summed E-state index contributed by atoms with van der Waals surface area (Å²) in [6.07, 6.45) is 0. The molecule has 0 unspecified atom stereocenters. The number of nitriles is 1. The molecule has 0 bridgehead atoms. The maximum atomic E-state index is 13.2. The quantitative estimate of drug-likeness (QED) is 0.335. The van der Waals surface area contributed by atoms with Crippen LogP contribution in [0.4, 0.5) is 10.5 Å². The average molecular weight is 541 g/mol. The summed E-state index contributed by atoms with van der Waals surface area (Å²) in [6, 6.07) is 18.9. The van der Waals surface area contributed by atoms with Crippen LogP contribution >= 0.6 is 0 Å². The van der Waals surface area contributed by atoms with Gasteiger partial charge in [-0.2, -0.15) is 5.26 Å². The Morgan fingerprint density at radius 1 is 1.05 bits per heavy atom. The Labute approximate surface area is 232 Å². The highest BCUT2D eigenvalue weighted by Gasteiger charge is 2.22. The molecule has 0 aliphatic carbocycles. The Balaban J connectivity index is 1.46. The van der Waals surface area contributed by atoms with E-state index in [4.69, 9.17) is 9.47 Å². The van der Waals surface area contributed by atoms with Crippen molar-refractivity contribution in [3.05, 3.63) is 71.5 Å². The first kappa shape index (κ1) is 27.1. The minimum atomic E-state index is -0.461. The van der Waals surface area contributed by atoms with Crippen LogP contribution in [-0.2, 0) is 16.0 Å². The largest absolute Gasteiger partial charge is 0.461 e. The highest BCUT2D eigenvalue weighted by Crippen LogP contribution is 2.28. The molecule has 1 aliphatic rings. The van der Waals surface area contributed by atoms with E-state index in [0.717, 1.165) is 41.4 Å². The lowest BCUT2D eigenvalue weighted by molar-refractivity contribution is 0.0515. The van der Waals surface area contributed by atoms with Gasteiger partial charge in [-0.05, 0) is 53.6 Å². The van der Waals surface area contributed by atoms with Crippen LogP contribution in [0.15, 0.2) is 54.6 Å². The Morgan fingerprint density at radius 3 is 2.60 bits per heavy atom. The summed E-state index contributed by atoms with van der Waals surface area (Å²) in [5, 5.41) is 15.2. The number of rotatable bonds is 8. The van der Waals surface area contributed by atoms with Crippen LogP contribution in [0.5, 0.6) is 0 Å². The van der Waals surface area contributed by atoms with Crippen molar-refractivity contribution in [1.82, 2.24) is 19.4 Å². The van der Waals surface area contributed by atoms with Gasteiger partial charge in [-0.15, -0.1) is 0 Å². The standard InChI is InChI=1S/C30H32N6O4/c1-3-40-29(37)27-18-22-8-9-24(19-31)32-28(22)36(27)20-23-17-25(16-21-6-4-5-7-26(21)23)33-30(38)35-12-10-34(11-13-35)14-15-39-2/h4-9,16-18H,3,10-15,20H2,1-2H3,(H,33,38). The summed E-state index contributed by atoms with van der Waals surface area (Å²) in [6.45, 7) is 6.70. The fourth-order valence-corrected chi connectivity index (χ4v) is 5.08. The van der Waals surface area contributed by atoms with Crippen LogP contribution in [0.25, 0.3) is 21.8 Å². The minimum absolute atomic E-state index is 0.147. The van der Waals surface area contributed by atoms with Crippen molar-refractivity contribution < 1.29 is 19.1 Å². The number of esters is 1. The summed E-state index contributed by atoms with van der Waals surface area (Å²) in [5.74, 6) is -0.461. The van der Waals surface area contributed by atoms with E-state index in [1.54, 1.807) is 36.8 Å². The Morgan fingerprint density at radius 2 is 1.85 bits per heavy atom. The lowest BCUT2D eigenvalue weighted by atomic mass is 10.0. The Bertz CT molecular complexity index is 1580. The summed E-state index contributed by atoms with van der Waals surface area (Å²) in [5.41, 5.74) is 2.69. The number of anilines is 1. The summed E-state index contributed by atoms with van der Waals surface area (Å²) in [7, 11) is 1.69. The number of amides is 2. The molecule has 5 rings (SSSR count). The van der Waals surface area contributed by atoms with E-state index in [1.165, 1.54) is 0 Å². The molecule has 0 atom stereocenters. The van der Waals surface area contributed by atoms with Gasteiger partial charge in [0.15, 0.2) is 0 Å². The van der Waals surface area contributed by atoms with Crippen LogP contribution in [-0.4, -0.2) is 84.4 Å². The first-order chi connectivity index (χ1) is 19.5. The van der Waals surface area contributed by atoms with Gasteiger partial charge in [0.05, 0.1) is 19.8 Å². The summed E-state index contributed by atoms with van der Waals surface area (Å²) < 4.78 is 12.3. The number of aromatic nitrogens is 2. The first-order valence-electron chi connectivity index (χ1n) is 13.4. The Kier molecular flexibility index (Phi) is 8.24. The van der Waals surface area contributed by atoms with Crippen molar-refractivity contribution in [3.63, 3.8) is 0 Å². The van der Waals surface area contributed by atoms with Crippen LogP contribution in [0.2, 0.25) is 0 Å². The van der Waals surface area contributed by atoms with Gasteiger partial charge in [-0.25, -0.2) is 14.6 Å². The number of nitrogens with one attached hydrogen (secondary N) is 1. The number of methoxy groups -OCH3 is 1. The number of piperazine rings is 1. The zero-order valence-electron chi connectivity index (χ0n) is 22.7. The van der Waals surface area contributed by atoms with E-state index in [2.05, 4.69) is 21.3 Å². The van der Waals surface area contributed by atoms with Crippen LogP contribution < -0.4 is 5.32 Å². The van der Waals surface area contributed by atoms with Gasteiger partial charge >= 0.3 is 12.0 Å².